The molecule has 0 N–H and O–H groups in total. The van der Waals surface area contributed by atoms with Crippen molar-refractivity contribution in [3.05, 3.63) is 30.2 Å². The highest BCUT2D eigenvalue weighted by molar-refractivity contribution is 7.87. The molecular formula is C13H12FN3O4S. The molecule has 1 fully saturated rings. The lowest BCUT2D eigenvalue weighted by atomic mass is 10.2. The van der Waals surface area contributed by atoms with Crippen molar-refractivity contribution in [2.45, 2.75) is 18.6 Å². The van der Waals surface area contributed by atoms with E-state index in [2.05, 4.69) is 10.1 Å². The molecule has 0 saturated carbocycles. The Labute approximate surface area is 126 Å². The van der Waals surface area contributed by atoms with Crippen LogP contribution in [0.1, 0.15) is 12.3 Å². The summed E-state index contributed by atoms with van der Waals surface area (Å²) in [6, 6.07) is 6.69. The Balaban J connectivity index is 1.91. The summed E-state index contributed by atoms with van der Waals surface area (Å²) in [6.07, 6.45) is -0.357. The van der Waals surface area contributed by atoms with Gasteiger partial charge >= 0.3 is 10.2 Å². The Bertz CT molecular complexity index is 833. The summed E-state index contributed by atoms with van der Waals surface area (Å²) in [4.78, 5) is 17.3. The molecule has 1 aliphatic rings. The average molecular weight is 325 g/mol. The first kappa shape index (κ1) is 14.6. The molecule has 0 radical (unpaired) electrons. The van der Waals surface area contributed by atoms with Gasteiger partial charge in [0.1, 0.15) is 5.25 Å². The maximum atomic E-state index is 13.1. The molecule has 3 rings (SSSR count). The van der Waals surface area contributed by atoms with Crippen LogP contribution in [-0.4, -0.2) is 36.3 Å². The van der Waals surface area contributed by atoms with Gasteiger partial charge in [-0.05, 0) is 12.1 Å². The Kier molecular flexibility index (Phi) is 3.44. The number of carbonyl (C=O) groups excluding carboxylic acids is 1. The van der Waals surface area contributed by atoms with Crippen molar-refractivity contribution in [2.75, 3.05) is 11.4 Å². The average Bonchev–Trinajstić information content (AvgIpc) is 3.05. The molecular weight excluding hydrogens is 313 g/mol. The van der Waals surface area contributed by atoms with Gasteiger partial charge in [-0.1, -0.05) is 17.3 Å². The minimum atomic E-state index is -4.74. The summed E-state index contributed by atoms with van der Waals surface area (Å²) >= 11 is 0. The predicted octanol–water partition coefficient (Wildman–Crippen LogP) is 1.45. The number of halogens is 1. The molecule has 1 aromatic heterocycles. The van der Waals surface area contributed by atoms with E-state index in [-0.39, 0.29) is 13.0 Å². The van der Waals surface area contributed by atoms with Crippen molar-refractivity contribution in [1.82, 2.24) is 10.1 Å². The third kappa shape index (κ3) is 2.71. The highest BCUT2D eigenvalue weighted by Gasteiger charge is 2.39. The van der Waals surface area contributed by atoms with E-state index in [4.69, 9.17) is 4.52 Å². The first-order chi connectivity index (χ1) is 10.3. The van der Waals surface area contributed by atoms with Crippen LogP contribution in [0.25, 0.3) is 11.4 Å². The van der Waals surface area contributed by atoms with Crippen molar-refractivity contribution in [3.8, 4) is 11.4 Å². The topological polar surface area (TPSA) is 93.4 Å². The highest BCUT2D eigenvalue weighted by Crippen LogP contribution is 2.28. The minimum absolute atomic E-state index is 0.202. The number of hydrogen-bond acceptors (Lipinski definition) is 6. The largest absolute Gasteiger partial charge is 0.339 e. The van der Waals surface area contributed by atoms with Gasteiger partial charge in [0, 0.05) is 31.1 Å². The fourth-order valence-electron chi connectivity index (χ4n) is 2.34. The summed E-state index contributed by atoms with van der Waals surface area (Å²) in [5, 5.41) is 2.46. The second-order valence-electron chi connectivity index (χ2n) is 4.99. The molecule has 0 aliphatic carbocycles. The van der Waals surface area contributed by atoms with Crippen LogP contribution < -0.4 is 4.90 Å². The standard InChI is InChI=1S/C13H12FN3O4S/c1-8-15-13(16-21-8)9-3-2-4-10(5-9)17-7-11(6-12(17)18)22(14,19)20/h2-5,11H,6-7H2,1H3. The molecule has 1 unspecified atom stereocenters. The van der Waals surface area contributed by atoms with Gasteiger partial charge in [-0.25, -0.2) is 0 Å². The smallest absolute Gasteiger partial charge is 0.307 e. The van der Waals surface area contributed by atoms with Crippen molar-refractivity contribution in [1.29, 1.82) is 0 Å². The zero-order valence-electron chi connectivity index (χ0n) is 11.6. The van der Waals surface area contributed by atoms with E-state index in [0.29, 0.717) is 23.0 Å². The van der Waals surface area contributed by atoms with Crippen molar-refractivity contribution >= 4 is 21.8 Å². The van der Waals surface area contributed by atoms with Crippen LogP contribution in [-0.2, 0) is 15.0 Å². The predicted molar refractivity (Wildman–Crippen MR) is 75.3 cm³/mol. The fraction of sp³-hybridized carbons (Fsp3) is 0.308. The van der Waals surface area contributed by atoms with E-state index in [1.165, 1.54) is 4.90 Å². The minimum Gasteiger partial charge on any atom is -0.339 e. The molecule has 0 bridgehead atoms. The van der Waals surface area contributed by atoms with Crippen molar-refractivity contribution in [3.63, 3.8) is 0 Å². The van der Waals surface area contributed by atoms with Gasteiger partial charge in [0.2, 0.25) is 17.6 Å². The molecule has 1 amide bonds. The van der Waals surface area contributed by atoms with Gasteiger partial charge in [-0.2, -0.15) is 13.4 Å². The second-order valence-corrected chi connectivity index (χ2v) is 6.61. The van der Waals surface area contributed by atoms with E-state index < -0.39 is 21.4 Å². The van der Waals surface area contributed by atoms with Crippen LogP contribution in [0.15, 0.2) is 28.8 Å². The van der Waals surface area contributed by atoms with Gasteiger partial charge in [0.25, 0.3) is 0 Å². The number of aryl methyl sites for hydroxylation is 1. The Hall–Kier alpha value is -2.29. The Morgan fingerprint density at radius 1 is 1.41 bits per heavy atom. The molecule has 2 heterocycles. The van der Waals surface area contributed by atoms with Crippen LogP contribution in [0.4, 0.5) is 9.57 Å². The summed E-state index contributed by atoms with van der Waals surface area (Å²) in [5.41, 5.74) is 1.09. The van der Waals surface area contributed by atoms with Gasteiger partial charge in [-0.3, -0.25) is 4.79 Å². The van der Waals surface area contributed by atoms with Gasteiger partial charge < -0.3 is 9.42 Å². The van der Waals surface area contributed by atoms with Crippen molar-refractivity contribution in [2.24, 2.45) is 0 Å². The number of aromatic nitrogens is 2. The number of hydrogen-bond donors (Lipinski definition) is 0. The number of rotatable bonds is 3. The zero-order chi connectivity index (χ0) is 15.9. The maximum absolute atomic E-state index is 13.1. The molecule has 2 aromatic rings. The monoisotopic (exact) mass is 325 g/mol. The number of benzene rings is 1. The van der Waals surface area contributed by atoms with Crippen LogP contribution in [0.3, 0.4) is 0 Å². The molecule has 1 aliphatic heterocycles. The zero-order valence-corrected chi connectivity index (χ0v) is 12.4. The van der Waals surface area contributed by atoms with Gasteiger partial charge in [0.05, 0.1) is 0 Å². The summed E-state index contributed by atoms with van der Waals surface area (Å²) in [7, 11) is -4.74. The number of anilines is 1. The number of amides is 1. The summed E-state index contributed by atoms with van der Waals surface area (Å²) < 4.78 is 39.9. The van der Waals surface area contributed by atoms with Crippen LogP contribution in [0, 0.1) is 6.92 Å². The van der Waals surface area contributed by atoms with Crippen LogP contribution in [0.2, 0.25) is 0 Å². The molecule has 116 valence electrons. The fourth-order valence-corrected chi connectivity index (χ4v) is 3.01. The molecule has 9 heteroatoms. The molecule has 0 spiro atoms. The van der Waals surface area contributed by atoms with E-state index >= 15 is 0 Å². The molecule has 22 heavy (non-hydrogen) atoms. The van der Waals surface area contributed by atoms with E-state index in [9.17, 15) is 17.1 Å². The van der Waals surface area contributed by atoms with E-state index in [1.54, 1.807) is 31.2 Å². The Morgan fingerprint density at radius 3 is 2.77 bits per heavy atom. The van der Waals surface area contributed by atoms with Gasteiger partial charge in [-0.15, -0.1) is 3.89 Å². The first-order valence-electron chi connectivity index (χ1n) is 6.49. The van der Waals surface area contributed by atoms with Gasteiger partial charge in [0.15, 0.2) is 0 Å². The normalized spacial score (nSPS) is 18.9. The third-order valence-corrected chi connectivity index (χ3v) is 4.54. The lowest BCUT2D eigenvalue weighted by Gasteiger charge is -2.16. The lowest BCUT2D eigenvalue weighted by molar-refractivity contribution is -0.117. The van der Waals surface area contributed by atoms with E-state index in [0.717, 1.165) is 0 Å². The SMILES string of the molecule is Cc1nc(-c2cccc(N3CC(S(=O)(=O)F)CC3=O)c2)no1. The van der Waals surface area contributed by atoms with E-state index in [1.807, 2.05) is 0 Å². The number of nitrogens with zero attached hydrogens (tertiary/aromatic N) is 3. The molecule has 1 aromatic carbocycles. The number of carbonyl (C=O) groups is 1. The molecule has 1 saturated heterocycles. The van der Waals surface area contributed by atoms with Crippen LogP contribution >= 0.6 is 0 Å². The second kappa shape index (κ2) is 5.16. The highest BCUT2D eigenvalue weighted by atomic mass is 32.3. The van der Waals surface area contributed by atoms with Crippen LogP contribution in [0.5, 0.6) is 0 Å². The third-order valence-electron chi connectivity index (χ3n) is 3.43. The Morgan fingerprint density at radius 2 is 2.18 bits per heavy atom. The lowest BCUT2D eigenvalue weighted by Crippen LogP contribution is -2.26. The van der Waals surface area contributed by atoms with Crippen molar-refractivity contribution < 1.29 is 21.6 Å². The summed E-state index contributed by atoms with van der Waals surface area (Å²) in [6.45, 7) is 1.45. The quantitative estimate of drug-likeness (QED) is 0.793. The molecule has 7 nitrogen and oxygen atoms in total. The maximum Gasteiger partial charge on any atom is 0.307 e. The molecule has 1 atom stereocenters. The summed E-state index contributed by atoms with van der Waals surface area (Å²) in [5.74, 6) is 0.328. The first-order valence-corrected chi connectivity index (χ1v) is 7.94.